The molecule has 2 aromatic heterocycles. The van der Waals surface area contributed by atoms with Crippen molar-refractivity contribution in [3.63, 3.8) is 0 Å². The maximum absolute atomic E-state index is 9.22. The van der Waals surface area contributed by atoms with Gasteiger partial charge < -0.3 is 14.7 Å². The summed E-state index contributed by atoms with van der Waals surface area (Å²) in [4.78, 5) is 15.5. The highest BCUT2D eigenvalue weighted by atomic mass is 16.5. The minimum atomic E-state index is 0.167. The second kappa shape index (κ2) is 8.17. The molecular weight excluding hydrogens is 304 g/mol. The molecule has 0 aromatic carbocycles. The Kier molecular flexibility index (Phi) is 5.72. The van der Waals surface area contributed by atoms with Crippen molar-refractivity contribution in [3.05, 3.63) is 47.7 Å². The summed E-state index contributed by atoms with van der Waals surface area (Å²) in [5, 5.41) is 9.22. The Hall–Kier alpha value is -2.05. The fourth-order valence-electron chi connectivity index (χ4n) is 2.96. The predicted molar refractivity (Wildman–Crippen MR) is 91.9 cm³/mol. The lowest BCUT2D eigenvalue weighted by molar-refractivity contribution is 0.193. The molecule has 0 amide bonds. The molecule has 2 aromatic rings. The number of aliphatic hydroxyl groups excluding tert-OH is 1. The van der Waals surface area contributed by atoms with Crippen molar-refractivity contribution in [2.24, 2.45) is 0 Å². The van der Waals surface area contributed by atoms with Crippen molar-refractivity contribution in [1.82, 2.24) is 15.0 Å². The summed E-state index contributed by atoms with van der Waals surface area (Å²) in [6, 6.07) is 6.09. The van der Waals surface area contributed by atoms with E-state index in [1.54, 1.807) is 12.4 Å². The molecule has 128 valence electrons. The number of aliphatic hydroxyl groups is 1. The van der Waals surface area contributed by atoms with Crippen LogP contribution < -0.4 is 4.90 Å². The summed E-state index contributed by atoms with van der Waals surface area (Å²) >= 11 is 0. The third-order valence-electron chi connectivity index (χ3n) is 4.23. The van der Waals surface area contributed by atoms with Crippen LogP contribution in [0.5, 0.6) is 0 Å². The molecule has 0 saturated carbocycles. The number of nitrogens with zero attached hydrogens (tertiary/aromatic N) is 4. The highest BCUT2D eigenvalue weighted by molar-refractivity contribution is 5.41. The molecule has 0 radical (unpaired) electrons. The van der Waals surface area contributed by atoms with E-state index in [2.05, 4.69) is 25.9 Å². The first-order valence-electron chi connectivity index (χ1n) is 8.44. The van der Waals surface area contributed by atoms with E-state index in [4.69, 9.17) is 4.74 Å². The third-order valence-corrected chi connectivity index (χ3v) is 4.23. The fraction of sp³-hybridized carbons (Fsp3) is 0.500. The summed E-state index contributed by atoms with van der Waals surface area (Å²) in [5.74, 6) is 2.04. The monoisotopic (exact) mass is 328 g/mol. The van der Waals surface area contributed by atoms with Crippen LogP contribution in [0.25, 0.3) is 0 Å². The van der Waals surface area contributed by atoms with Gasteiger partial charge in [0.05, 0.1) is 12.3 Å². The van der Waals surface area contributed by atoms with Gasteiger partial charge in [0.25, 0.3) is 0 Å². The normalized spacial score (nSPS) is 17.2. The van der Waals surface area contributed by atoms with Crippen molar-refractivity contribution in [3.8, 4) is 0 Å². The zero-order chi connectivity index (χ0) is 16.8. The van der Waals surface area contributed by atoms with Crippen molar-refractivity contribution in [2.45, 2.75) is 32.2 Å². The maximum Gasteiger partial charge on any atom is 0.132 e. The molecule has 1 atom stereocenters. The summed E-state index contributed by atoms with van der Waals surface area (Å²) in [6.07, 6.45) is 5.31. The van der Waals surface area contributed by atoms with Crippen LogP contribution in [0, 0.1) is 6.92 Å². The van der Waals surface area contributed by atoms with E-state index in [1.807, 2.05) is 19.1 Å². The standard InChI is InChI=1S/C18H24N4O2/c1-14-20-17(16-5-10-24-13-16)11-18(21-14)22(8-2-9-23)12-15-3-6-19-7-4-15/h3-4,6-7,11,16,23H,2,5,8-10,12-13H2,1H3. The van der Waals surface area contributed by atoms with Gasteiger partial charge in [-0.1, -0.05) is 0 Å². The largest absolute Gasteiger partial charge is 0.396 e. The average molecular weight is 328 g/mol. The van der Waals surface area contributed by atoms with Gasteiger partial charge in [-0.15, -0.1) is 0 Å². The van der Waals surface area contributed by atoms with Gasteiger partial charge in [0.15, 0.2) is 0 Å². The maximum atomic E-state index is 9.22. The Morgan fingerprint density at radius 1 is 1.29 bits per heavy atom. The van der Waals surface area contributed by atoms with Crippen LogP contribution in [0.3, 0.4) is 0 Å². The molecule has 1 aliphatic heterocycles. The Bertz CT molecular complexity index is 645. The number of rotatable bonds is 7. The zero-order valence-electron chi connectivity index (χ0n) is 14.1. The highest BCUT2D eigenvalue weighted by Crippen LogP contribution is 2.26. The Morgan fingerprint density at radius 3 is 2.83 bits per heavy atom. The molecule has 1 fully saturated rings. The minimum absolute atomic E-state index is 0.167. The molecule has 0 spiro atoms. The lowest BCUT2D eigenvalue weighted by Gasteiger charge is -2.25. The second-order valence-corrected chi connectivity index (χ2v) is 6.11. The average Bonchev–Trinajstić information content (AvgIpc) is 3.13. The van der Waals surface area contributed by atoms with Gasteiger partial charge >= 0.3 is 0 Å². The summed E-state index contributed by atoms with van der Waals surface area (Å²) in [6.45, 7) is 5.11. The third kappa shape index (κ3) is 4.27. The Labute approximate surface area is 142 Å². The van der Waals surface area contributed by atoms with E-state index < -0.39 is 0 Å². The van der Waals surface area contributed by atoms with E-state index in [-0.39, 0.29) is 6.61 Å². The first-order valence-corrected chi connectivity index (χ1v) is 8.44. The molecule has 0 bridgehead atoms. The number of pyridine rings is 1. The summed E-state index contributed by atoms with van der Waals surface area (Å²) < 4.78 is 5.50. The Morgan fingerprint density at radius 2 is 2.12 bits per heavy atom. The molecular formula is C18H24N4O2. The molecule has 24 heavy (non-hydrogen) atoms. The van der Waals surface area contributed by atoms with Crippen LogP contribution in [-0.2, 0) is 11.3 Å². The van der Waals surface area contributed by atoms with Crippen LogP contribution in [0.1, 0.15) is 35.8 Å². The van der Waals surface area contributed by atoms with Crippen LogP contribution in [-0.4, -0.2) is 46.4 Å². The summed E-state index contributed by atoms with van der Waals surface area (Å²) in [5.41, 5.74) is 2.23. The topological polar surface area (TPSA) is 71.4 Å². The van der Waals surface area contributed by atoms with Crippen LogP contribution in [0.2, 0.25) is 0 Å². The number of aromatic nitrogens is 3. The molecule has 6 nitrogen and oxygen atoms in total. The van der Waals surface area contributed by atoms with Gasteiger partial charge in [0.2, 0.25) is 0 Å². The number of anilines is 1. The quantitative estimate of drug-likeness (QED) is 0.839. The predicted octanol–water partition coefficient (Wildman–Crippen LogP) is 2.07. The van der Waals surface area contributed by atoms with Gasteiger partial charge in [-0.25, -0.2) is 9.97 Å². The van der Waals surface area contributed by atoms with Gasteiger partial charge in [-0.3, -0.25) is 4.98 Å². The second-order valence-electron chi connectivity index (χ2n) is 6.11. The van der Waals surface area contributed by atoms with Crippen molar-refractivity contribution >= 4 is 5.82 Å². The molecule has 1 aliphatic rings. The molecule has 1 N–H and O–H groups in total. The minimum Gasteiger partial charge on any atom is -0.396 e. The van der Waals surface area contributed by atoms with Crippen molar-refractivity contribution in [1.29, 1.82) is 0 Å². The van der Waals surface area contributed by atoms with E-state index in [1.165, 1.54) is 5.56 Å². The first-order chi connectivity index (χ1) is 11.8. The van der Waals surface area contributed by atoms with Gasteiger partial charge in [-0.2, -0.15) is 0 Å². The smallest absolute Gasteiger partial charge is 0.132 e. The van der Waals surface area contributed by atoms with Crippen LogP contribution in [0.15, 0.2) is 30.6 Å². The molecule has 3 rings (SSSR count). The van der Waals surface area contributed by atoms with E-state index in [9.17, 15) is 5.11 Å². The number of hydrogen-bond donors (Lipinski definition) is 1. The van der Waals surface area contributed by atoms with Crippen LogP contribution >= 0.6 is 0 Å². The lowest BCUT2D eigenvalue weighted by atomic mass is 10.0. The number of ether oxygens (including phenoxy) is 1. The van der Waals surface area contributed by atoms with Gasteiger partial charge in [-0.05, 0) is 37.5 Å². The van der Waals surface area contributed by atoms with Gasteiger partial charge in [0.1, 0.15) is 11.6 Å². The van der Waals surface area contributed by atoms with E-state index >= 15 is 0 Å². The fourth-order valence-corrected chi connectivity index (χ4v) is 2.96. The zero-order valence-corrected chi connectivity index (χ0v) is 14.1. The first kappa shape index (κ1) is 16.8. The van der Waals surface area contributed by atoms with E-state index in [0.717, 1.165) is 50.1 Å². The molecule has 0 aliphatic carbocycles. The van der Waals surface area contributed by atoms with Crippen molar-refractivity contribution < 1.29 is 9.84 Å². The number of aryl methyl sites for hydroxylation is 1. The summed E-state index contributed by atoms with van der Waals surface area (Å²) in [7, 11) is 0. The highest BCUT2D eigenvalue weighted by Gasteiger charge is 2.21. The van der Waals surface area contributed by atoms with Crippen LogP contribution in [0.4, 0.5) is 5.82 Å². The van der Waals surface area contributed by atoms with E-state index in [0.29, 0.717) is 12.3 Å². The van der Waals surface area contributed by atoms with Gasteiger partial charge in [0, 0.05) is 50.7 Å². The number of hydrogen-bond acceptors (Lipinski definition) is 6. The molecule has 1 saturated heterocycles. The Balaban J connectivity index is 1.85. The molecule has 1 unspecified atom stereocenters. The SMILES string of the molecule is Cc1nc(C2CCOC2)cc(N(CCCO)Cc2ccncc2)n1. The lowest BCUT2D eigenvalue weighted by Crippen LogP contribution is -2.26. The molecule has 6 heteroatoms. The molecule has 3 heterocycles. The van der Waals surface area contributed by atoms with Crippen molar-refractivity contribution in [2.75, 3.05) is 31.3 Å².